The molecule has 116 valence electrons. The van der Waals surface area contributed by atoms with E-state index in [1.54, 1.807) is 0 Å². The third-order valence-electron chi connectivity index (χ3n) is 3.90. The van der Waals surface area contributed by atoms with Crippen LogP contribution in [0.25, 0.3) is 0 Å². The smallest absolute Gasteiger partial charge is 0.161 e. The predicted molar refractivity (Wildman–Crippen MR) is 86.5 cm³/mol. The minimum absolute atomic E-state index is 0.272. The lowest BCUT2D eigenvalue weighted by atomic mass is 10.1. The molecule has 1 atom stereocenters. The van der Waals surface area contributed by atoms with Crippen LogP contribution < -0.4 is 14.8 Å². The highest BCUT2D eigenvalue weighted by atomic mass is 16.6. The van der Waals surface area contributed by atoms with Gasteiger partial charge in [-0.25, -0.2) is 0 Å². The Bertz CT molecular complexity index is 625. The lowest BCUT2D eigenvalue weighted by Crippen LogP contribution is -2.22. The SMILES string of the molecule is Cc1ccc(CCNC(C)c2ccc3c(c2)OCCO3)cn1. The summed E-state index contributed by atoms with van der Waals surface area (Å²) in [6.07, 6.45) is 2.92. The van der Waals surface area contributed by atoms with Gasteiger partial charge in [0, 0.05) is 17.9 Å². The Morgan fingerprint density at radius 3 is 2.73 bits per heavy atom. The van der Waals surface area contributed by atoms with E-state index in [4.69, 9.17) is 9.47 Å². The molecule has 0 spiro atoms. The number of benzene rings is 1. The molecular weight excluding hydrogens is 276 g/mol. The fourth-order valence-electron chi connectivity index (χ4n) is 2.53. The zero-order chi connectivity index (χ0) is 15.4. The summed E-state index contributed by atoms with van der Waals surface area (Å²) < 4.78 is 11.2. The zero-order valence-electron chi connectivity index (χ0n) is 13.1. The van der Waals surface area contributed by atoms with Crippen molar-refractivity contribution in [1.82, 2.24) is 10.3 Å². The first-order chi connectivity index (χ1) is 10.7. The molecule has 2 aromatic rings. The first-order valence-electron chi connectivity index (χ1n) is 7.77. The molecule has 0 radical (unpaired) electrons. The van der Waals surface area contributed by atoms with Crippen LogP contribution in [-0.4, -0.2) is 24.7 Å². The minimum atomic E-state index is 0.272. The number of hydrogen-bond acceptors (Lipinski definition) is 4. The van der Waals surface area contributed by atoms with Crippen LogP contribution in [0.3, 0.4) is 0 Å². The molecule has 0 amide bonds. The van der Waals surface area contributed by atoms with Gasteiger partial charge in [0.05, 0.1) is 0 Å². The maximum Gasteiger partial charge on any atom is 0.161 e. The van der Waals surface area contributed by atoms with Crippen molar-refractivity contribution in [3.63, 3.8) is 0 Å². The Morgan fingerprint density at radius 1 is 1.14 bits per heavy atom. The van der Waals surface area contributed by atoms with Gasteiger partial charge in [0.1, 0.15) is 13.2 Å². The first kappa shape index (κ1) is 14.9. The Morgan fingerprint density at radius 2 is 1.95 bits per heavy atom. The van der Waals surface area contributed by atoms with Crippen LogP contribution >= 0.6 is 0 Å². The monoisotopic (exact) mass is 298 g/mol. The highest BCUT2D eigenvalue weighted by Gasteiger charge is 2.14. The topological polar surface area (TPSA) is 43.4 Å². The molecular formula is C18H22N2O2. The second-order valence-electron chi connectivity index (χ2n) is 5.64. The van der Waals surface area contributed by atoms with Crippen molar-refractivity contribution in [2.75, 3.05) is 19.8 Å². The highest BCUT2D eigenvalue weighted by Crippen LogP contribution is 2.32. The van der Waals surface area contributed by atoms with Gasteiger partial charge in [-0.05, 0) is 56.1 Å². The number of aromatic nitrogens is 1. The third kappa shape index (κ3) is 3.57. The van der Waals surface area contributed by atoms with E-state index in [1.165, 1.54) is 11.1 Å². The molecule has 0 bridgehead atoms. The van der Waals surface area contributed by atoms with Crippen molar-refractivity contribution in [3.05, 3.63) is 53.3 Å². The average Bonchev–Trinajstić information content (AvgIpc) is 2.56. The molecule has 1 aliphatic rings. The summed E-state index contributed by atoms with van der Waals surface area (Å²) in [6, 6.07) is 10.6. The van der Waals surface area contributed by atoms with E-state index >= 15 is 0 Å². The molecule has 4 nitrogen and oxygen atoms in total. The van der Waals surface area contributed by atoms with Crippen molar-refractivity contribution >= 4 is 0 Å². The molecule has 1 aromatic carbocycles. The van der Waals surface area contributed by atoms with E-state index in [0.29, 0.717) is 13.2 Å². The number of fused-ring (bicyclic) bond motifs is 1. The molecule has 1 unspecified atom stereocenters. The van der Waals surface area contributed by atoms with Crippen molar-refractivity contribution < 1.29 is 9.47 Å². The summed E-state index contributed by atoms with van der Waals surface area (Å²) >= 11 is 0. The Labute approximate surface area is 131 Å². The summed E-state index contributed by atoms with van der Waals surface area (Å²) in [5.41, 5.74) is 3.53. The van der Waals surface area contributed by atoms with E-state index in [0.717, 1.165) is 30.2 Å². The lowest BCUT2D eigenvalue weighted by Gasteiger charge is -2.21. The number of nitrogens with one attached hydrogen (secondary N) is 1. The van der Waals surface area contributed by atoms with Crippen molar-refractivity contribution in [3.8, 4) is 11.5 Å². The maximum atomic E-state index is 5.64. The molecule has 1 aliphatic heterocycles. The average molecular weight is 298 g/mol. The molecule has 1 N–H and O–H groups in total. The van der Waals surface area contributed by atoms with Crippen LogP contribution in [0.2, 0.25) is 0 Å². The molecule has 0 saturated carbocycles. The lowest BCUT2D eigenvalue weighted by molar-refractivity contribution is 0.171. The quantitative estimate of drug-likeness (QED) is 0.921. The first-order valence-corrected chi connectivity index (χ1v) is 7.77. The van der Waals surface area contributed by atoms with E-state index in [2.05, 4.69) is 41.5 Å². The molecule has 2 heterocycles. The fourth-order valence-corrected chi connectivity index (χ4v) is 2.53. The minimum Gasteiger partial charge on any atom is -0.486 e. The van der Waals surface area contributed by atoms with Crippen LogP contribution in [-0.2, 0) is 6.42 Å². The van der Waals surface area contributed by atoms with E-state index in [-0.39, 0.29) is 6.04 Å². The van der Waals surface area contributed by atoms with Crippen LogP contribution in [0.5, 0.6) is 11.5 Å². The number of ether oxygens (including phenoxy) is 2. The van der Waals surface area contributed by atoms with E-state index in [1.807, 2.05) is 19.2 Å². The summed E-state index contributed by atoms with van der Waals surface area (Å²) in [6.45, 7) is 6.34. The zero-order valence-corrected chi connectivity index (χ0v) is 13.1. The molecule has 0 saturated heterocycles. The summed E-state index contributed by atoms with van der Waals surface area (Å²) in [5.74, 6) is 1.69. The third-order valence-corrected chi connectivity index (χ3v) is 3.90. The molecule has 0 fully saturated rings. The Kier molecular flexibility index (Phi) is 4.59. The van der Waals surface area contributed by atoms with Gasteiger partial charge in [-0.3, -0.25) is 4.98 Å². The Balaban J connectivity index is 1.55. The molecule has 0 aliphatic carbocycles. The summed E-state index contributed by atoms with van der Waals surface area (Å²) in [5, 5.41) is 3.54. The predicted octanol–water partition coefficient (Wildman–Crippen LogP) is 3.05. The van der Waals surface area contributed by atoms with Crippen molar-refractivity contribution in [2.45, 2.75) is 26.3 Å². The Hall–Kier alpha value is -2.07. The van der Waals surface area contributed by atoms with E-state index < -0.39 is 0 Å². The molecule has 1 aromatic heterocycles. The number of hydrogen-bond donors (Lipinski definition) is 1. The van der Waals surface area contributed by atoms with Gasteiger partial charge in [-0.2, -0.15) is 0 Å². The standard InChI is InChI=1S/C18H22N2O2/c1-13-3-4-15(12-20-13)7-8-19-14(2)16-5-6-17-18(11-16)22-10-9-21-17/h3-6,11-12,14,19H,7-10H2,1-2H3. The second-order valence-corrected chi connectivity index (χ2v) is 5.64. The van der Waals surface area contributed by atoms with Gasteiger partial charge >= 0.3 is 0 Å². The van der Waals surface area contributed by atoms with Crippen LogP contribution in [0.15, 0.2) is 36.5 Å². The van der Waals surface area contributed by atoms with Gasteiger partial charge < -0.3 is 14.8 Å². The number of nitrogens with zero attached hydrogens (tertiary/aromatic N) is 1. The van der Waals surface area contributed by atoms with Gasteiger partial charge in [-0.1, -0.05) is 12.1 Å². The number of pyridine rings is 1. The van der Waals surface area contributed by atoms with Gasteiger partial charge in [0.2, 0.25) is 0 Å². The molecule has 22 heavy (non-hydrogen) atoms. The molecule has 3 rings (SSSR count). The van der Waals surface area contributed by atoms with E-state index in [9.17, 15) is 0 Å². The largest absolute Gasteiger partial charge is 0.486 e. The van der Waals surface area contributed by atoms with Crippen molar-refractivity contribution in [1.29, 1.82) is 0 Å². The molecule has 4 heteroatoms. The van der Waals surface area contributed by atoms with Crippen molar-refractivity contribution in [2.24, 2.45) is 0 Å². The second kappa shape index (κ2) is 6.79. The van der Waals surface area contributed by atoms with Crippen LogP contribution in [0.1, 0.15) is 29.8 Å². The normalized spacial score (nSPS) is 14.6. The number of aryl methyl sites for hydroxylation is 1. The summed E-state index contributed by atoms with van der Waals surface area (Å²) in [4.78, 5) is 4.33. The van der Waals surface area contributed by atoms with Gasteiger partial charge in [0.25, 0.3) is 0 Å². The van der Waals surface area contributed by atoms with Gasteiger partial charge in [0.15, 0.2) is 11.5 Å². The number of rotatable bonds is 5. The van der Waals surface area contributed by atoms with Gasteiger partial charge in [-0.15, -0.1) is 0 Å². The van der Waals surface area contributed by atoms with Crippen LogP contribution in [0.4, 0.5) is 0 Å². The van der Waals surface area contributed by atoms with Crippen LogP contribution in [0, 0.1) is 6.92 Å². The highest BCUT2D eigenvalue weighted by molar-refractivity contribution is 5.44. The fraction of sp³-hybridized carbons (Fsp3) is 0.389. The summed E-state index contributed by atoms with van der Waals surface area (Å²) in [7, 11) is 0. The maximum absolute atomic E-state index is 5.64.